The van der Waals surface area contributed by atoms with E-state index in [1.807, 2.05) is 20.8 Å². The Hall–Kier alpha value is -0.920. The molecule has 16 heteroatoms. The van der Waals surface area contributed by atoms with Gasteiger partial charge in [0.15, 0.2) is 0 Å². The number of rotatable bonds is 38. The fraction of sp³-hybridized carbons (Fsp3) is 0.969. The molecule has 15 nitrogen and oxygen atoms in total. The zero-order chi connectivity index (χ0) is 35.2. The molecule has 0 saturated heterocycles. The summed E-state index contributed by atoms with van der Waals surface area (Å²) >= 11 is 5.51. The summed E-state index contributed by atoms with van der Waals surface area (Å²) in [6, 6.07) is 0. The number of ether oxygens (including phenoxy) is 13. The van der Waals surface area contributed by atoms with Crippen molar-refractivity contribution in [1.82, 2.24) is 4.90 Å². The van der Waals surface area contributed by atoms with Crippen LogP contribution in [0.1, 0.15) is 20.8 Å². The first-order valence-corrected chi connectivity index (χ1v) is 17.3. The van der Waals surface area contributed by atoms with Gasteiger partial charge in [0.2, 0.25) is 0 Å². The van der Waals surface area contributed by atoms with Crippen LogP contribution in [0, 0.1) is 0 Å². The molecule has 0 N–H and O–H groups in total. The lowest BCUT2D eigenvalue weighted by molar-refractivity contribution is -0.0284. The Morgan fingerprint density at radius 3 is 0.833 bits per heavy atom. The molecule has 1 amide bonds. The fourth-order valence-electron chi connectivity index (χ4n) is 3.21. The quantitative estimate of drug-likeness (QED) is 0.0680. The number of halogens is 1. The summed E-state index contributed by atoms with van der Waals surface area (Å²) in [6.45, 7) is 17.9. The highest BCUT2D eigenvalue weighted by molar-refractivity contribution is 6.17. The van der Waals surface area contributed by atoms with Gasteiger partial charge in [-0.2, -0.15) is 0 Å². The molecule has 0 spiro atoms. The van der Waals surface area contributed by atoms with Crippen LogP contribution in [0.3, 0.4) is 0 Å². The molecule has 0 atom stereocenters. The van der Waals surface area contributed by atoms with Crippen molar-refractivity contribution in [3.8, 4) is 0 Å². The number of carbonyl (C=O) groups excluding carboxylic acids is 1. The van der Waals surface area contributed by atoms with Crippen LogP contribution >= 0.6 is 11.6 Å². The summed E-state index contributed by atoms with van der Waals surface area (Å²) in [5.74, 6) is 0.494. The molecule has 0 saturated carbocycles. The first-order chi connectivity index (χ1) is 23.4. The third-order valence-electron chi connectivity index (χ3n) is 5.59. The molecule has 0 aromatic carbocycles. The number of nitrogens with zero attached hydrogens (tertiary/aromatic N) is 1. The normalized spacial score (nSPS) is 11.8. The summed E-state index contributed by atoms with van der Waals surface area (Å²) in [5.41, 5.74) is -0.511. The van der Waals surface area contributed by atoms with Crippen LogP contribution in [0.4, 0.5) is 4.79 Å². The highest BCUT2D eigenvalue weighted by Gasteiger charge is 2.19. The van der Waals surface area contributed by atoms with Crippen LogP contribution in [0.2, 0.25) is 0 Å². The van der Waals surface area contributed by atoms with Gasteiger partial charge in [-0.1, -0.05) is 0 Å². The number of carbonyl (C=O) groups is 1. The number of hydrogen-bond acceptors (Lipinski definition) is 14. The average molecular weight is 722 g/mol. The highest BCUT2D eigenvalue weighted by Crippen LogP contribution is 2.08. The Morgan fingerprint density at radius 2 is 0.625 bits per heavy atom. The molecule has 0 radical (unpaired) electrons. The summed E-state index contributed by atoms with van der Waals surface area (Å²) in [7, 11) is 1.68. The molecule has 0 aliphatic heterocycles. The van der Waals surface area contributed by atoms with Crippen molar-refractivity contribution in [2.75, 3.05) is 178 Å². The molecule has 0 rings (SSSR count). The van der Waals surface area contributed by atoms with Gasteiger partial charge in [-0.15, -0.1) is 11.6 Å². The van der Waals surface area contributed by atoms with Crippen molar-refractivity contribution in [3.63, 3.8) is 0 Å². The number of hydrogen-bond donors (Lipinski definition) is 0. The predicted octanol–water partition coefficient (Wildman–Crippen LogP) is 2.29. The van der Waals surface area contributed by atoms with E-state index in [2.05, 4.69) is 0 Å². The molecule has 0 fully saturated rings. The molecule has 0 aromatic heterocycles. The SMILES string of the molecule is CN(CCOCCOCCOCCOCCOCCOCCOCCOCCOCCOCCOCCOCCCl)C(=O)OC(C)(C)C. The van der Waals surface area contributed by atoms with Gasteiger partial charge >= 0.3 is 6.09 Å². The van der Waals surface area contributed by atoms with Crippen molar-refractivity contribution in [2.45, 2.75) is 26.4 Å². The van der Waals surface area contributed by atoms with Crippen LogP contribution in [0.15, 0.2) is 0 Å². The van der Waals surface area contributed by atoms with Crippen LogP contribution in [0.5, 0.6) is 0 Å². The lowest BCUT2D eigenvalue weighted by atomic mass is 10.2. The average Bonchev–Trinajstić information content (AvgIpc) is 3.05. The van der Waals surface area contributed by atoms with E-state index in [1.54, 1.807) is 7.05 Å². The number of alkyl halides is 1. The third-order valence-corrected chi connectivity index (χ3v) is 5.74. The van der Waals surface area contributed by atoms with Crippen molar-refractivity contribution >= 4 is 17.7 Å². The smallest absolute Gasteiger partial charge is 0.410 e. The van der Waals surface area contributed by atoms with Gasteiger partial charge in [0, 0.05) is 19.5 Å². The van der Waals surface area contributed by atoms with E-state index in [9.17, 15) is 4.79 Å². The van der Waals surface area contributed by atoms with E-state index >= 15 is 0 Å². The maximum atomic E-state index is 11.9. The molecular weight excluding hydrogens is 658 g/mol. The van der Waals surface area contributed by atoms with Crippen molar-refractivity contribution in [3.05, 3.63) is 0 Å². The standard InChI is InChI=1S/C32H64ClNO14/c1-32(2,3)48-31(35)34(4)6-8-37-10-12-39-14-16-41-18-20-43-22-24-45-26-28-47-30-29-46-27-25-44-23-21-42-19-17-40-15-13-38-11-9-36-7-5-33/h5-30H2,1-4H3. The van der Waals surface area contributed by atoms with Gasteiger partial charge < -0.3 is 66.5 Å². The summed E-state index contributed by atoms with van der Waals surface area (Å²) < 4.78 is 70.5. The van der Waals surface area contributed by atoms with E-state index in [1.165, 1.54) is 4.90 Å². The number of amides is 1. The van der Waals surface area contributed by atoms with Gasteiger partial charge in [-0.25, -0.2) is 4.79 Å². The van der Waals surface area contributed by atoms with Crippen LogP contribution < -0.4 is 0 Å². The monoisotopic (exact) mass is 721 g/mol. The summed E-state index contributed by atoms with van der Waals surface area (Å²) in [4.78, 5) is 13.3. The molecular formula is C32H64ClNO14. The maximum Gasteiger partial charge on any atom is 0.410 e. The van der Waals surface area contributed by atoms with Crippen molar-refractivity contribution in [1.29, 1.82) is 0 Å². The largest absolute Gasteiger partial charge is 0.444 e. The summed E-state index contributed by atoms with van der Waals surface area (Å²) in [5, 5.41) is 0. The van der Waals surface area contributed by atoms with E-state index in [4.69, 9.17) is 73.2 Å². The fourth-order valence-corrected chi connectivity index (χ4v) is 3.32. The molecule has 0 heterocycles. The second-order valence-corrected chi connectivity index (χ2v) is 11.3. The zero-order valence-corrected chi connectivity index (χ0v) is 30.7. The van der Waals surface area contributed by atoms with E-state index in [-0.39, 0.29) is 6.09 Å². The second-order valence-electron chi connectivity index (χ2n) is 10.9. The molecule has 0 unspecified atom stereocenters. The van der Waals surface area contributed by atoms with Gasteiger partial charge in [0.25, 0.3) is 0 Å². The molecule has 288 valence electrons. The molecule has 0 aliphatic carbocycles. The molecule has 0 aliphatic rings. The topological polar surface area (TPSA) is 140 Å². The van der Waals surface area contributed by atoms with Crippen LogP contribution in [-0.2, 0) is 61.6 Å². The van der Waals surface area contributed by atoms with Crippen LogP contribution in [-0.4, -0.2) is 195 Å². The minimum Gasteiger partial charge on any atom is -0.444 e. The Morgan fingerprint density at radius 1 is 0.417 bits per heavy atom. The number of likely N-dealkylation sites (N-methyl/N-ethyl adjacent to an activating group) is 1. The van der Waals surface area contributed by atoms with E-state index in [0.717, 1.165) is 0 Å². The zero-order valence-electron chi connectivity index (χ0n) is 29.9. The molecule has 48 heavy (non-hydrogen) atoms. The lowest BCUT2D eigenvalue weighted by Crippen LogP contribution is -2.36. The minimum absolute atomic E-state index is 0.365. The minimum atomic E-state index is -0.511. The van der Waals surface area contributed by atoms with Gasteiger partial charge in [-0.05, 0) is 20.8 Å². The Bertz CT molecular complexity index is 663. The third kappa shape index (κ3) is 39.5. The van der Waals surface area contributed by atoms with Gasteiger partial charge in [0.05, 0.1) is 159 Å². The van der Waals surface area contributed by atoms with E-state index in [0.29, 0.717) is 171 Å². The Balaban J connectivity index is 3.13. The van der Waals surface area contributed by atoms with E-state index < -0.39 is 5.60 Å². The van der Waals surface area contributed by atoms with Crippen molar-refractivity contribution < 1.29 is 66.4 Å². The predicted molar refractivity (Wildman–Crippen MR) is 179 cm³/mol. The highest BCUT2D eigenvalue weighted by atomic mass is 35.5. The van der Waals surface area contributed by atoms with Crippen LogP contribution in [0.25, 0.3) is 0 Å². The Kier molecular flexibility index (Phi) is 36.6. The first kappa shape index (κ1) is 47.1. The van der Waals surface area contributed by atoms with Crippen molar-refractivity contribution in [2.24, 2.45) is 0 Å². The molecule has 0 aromatic rings. The first-order valence-electron chi connectivity index (χ1n) is 16.8. The lowest BCUT2D eigenvalue weighted by Gasteiger charge is -2.24. The molecule has 0 bridgehead atoms. The van der Waals surface area contributed by atoms with Gasteiger partial charge in [-0.3, -0.25) is 0 Å². The second kappa shape index (κ2) is 37.3. The maximum absolute atomic E-state index is 11.9. The van der Waals surface area contributed by atoms with Gasteiger partial charge in [0.1, 0.15) is 5.60 Å². The Labute approximate surface area is 293 Å². The summed E-state index contributed by atoms with van der Waals surface area (Å²) in [6.07, 6.45) is -0.365.